The summed E-state index contributed by atoms with van der Waals surface area (Å²) in [5, 5.41) is 3.22. The highest BCUT2D eigenvalue weighted by atomic mass is 31.2. The fourth-order valence-electron chi connectivity index (χ4n) is 3.72. The first-order valence-corrected chi connectivity index (χ1v) is 10.9. The normalized spacial score (nSPS) is 18.0. The van der Waals surface area contributed by atoms with Crippen molar-refractivity contribution in [3.05, 3.63) is 23.3 Å². The number of amides is 1. The van der Waals surface area contributed by atoms with Gasteiger partial charge in [0.25, 0.3) is 5.91 Å². The molecule has 1 aliphatic rings. The van der Waals surface area contributed by atoms with Crippen LogP contribution in [0, 0.1) is 13.8 Å². The molecule has 0 aromatic heterocycles. The summed E-state index contributed by atoms with van der Waals surface area (Å²) in [6.07, 6.45) is 6.10. The van der Waals surface area contributed by atoms with Gasteiger partial charge in [-0.25, -0.2) is 0 Å². The number of methoxy groups -OCH3 is 1. The van der Waals surface area contributed by atoms with Gasteiger partial charge < -0.3 is 10.1 Å². The van der Waals surface area contributed by atoms with E-state index in [0.29, 0.717) is 0 Å². The van der Waals surface area contributed by atoms with Crippen LogP contribution in [0.2, 0.25) is 0 Å². The first kappa shape index (κ1) is 17.3. The molecule has 1 aromatic rings. The second-order valence-corrected chi connectivity index (χ2v) is 11.2. The Morgan fingerprint density at radius 2 is 1.82 bits per heavy atom. The smallest absolute Gasteiger partial charge is 0.265 e. The van der Waals surface area contributed by atoms with Crippen molar-refractivity contribution >= 4 is 18.9 Å². The summed E-state index contributed by atoms with van der Waals surface area (Å²) < 4.78 is 5.29. The number of hydrogen-bond donors (Lipinski definition) is 1. The van der Waals surface area contributed by atoms with Crippen molar-refractivity contribution < 1.29 is 9.53 Å². The molecular formula is C18H29NO2P+. The summed E-state index contributed by atoms with van der Waals surface area (Å²) in [7, 11) is 0.566. The SMILES string of the molecule is CCC(C(=O)Nc1c(C)cc(OC)cc1C)[P+]1(C)CCCC1. The molecule has 1 saturated heterocycles. The molecule has 0 aliphatic carbocycles. The van der Waals surface area contributed by atoms with Crippen LogP contribution >= 0.6 is 7.26 Å². The van der Waals surface area contributed by atoms with Crippen molar-refractivity contribution in [2.45, 2.75) is 45.7 Å². The molecule has 1 N–H and O–H groups in total. The Labute approximate surface area is 135 Å². The highest BCUT2D eigenvalue weighted by molar-refractivity contribution is 7.77. The molecule has 1 amide bonds. The molecule has 1 atom stereocenters. The molecule has 0 bridgehead atoms. The van der Waals surface area contributed by atoms with Crippen LogP contribution in [0.25, 0.3) is 0 Å². The molecule has 1 aliphatic heterocycles. The monoisotopic (exact) mass is 322 g/mol. The van der Waals surface area contributed by atoms with Gasteiger partial charge >= 0.3 is 0 Å². The summed E-state index contributed by atoms with van der Waals surface area (Å²) in [6, 6.07) is 3.96. The Morgan fingerprint density at radius 3 is 2.27 bits per heavy atom. The molecule has 2 rings (SSSR count). The molecule has 1 unspecified atom stereocenters. The number of hydrogen-bond acceptors (Lipinski definition) is 2. The number of carbonyl (C=O) groups excluding carboxylic acids is 1. The zero-order chi connectivity index (χ0) is 16.3. The number of rotatable bonds is 5. The molecule has 0 radical (unpaired) electrons. The zero-order valence-corrected chi connectivity index (χ0v) is 15.4. The van der Waals surface area contributed by atoms with E-state index in [2.05, 4.69) is 18.9 Å². The molecule has 1 aromatic carbocycles. The minimum atomic E-state index is -1.11. The lowest BCUT2D eigenvalue weighted by Gasteiger charge is -2.26. The van der Waals surface area contributed by atoms with Gasteiger partial charge in [0, 0.05) is 19.6 Å². The van der Waals surface area contributed by atoms with Gasteiger partial charge in [-0.3, -0.25) is 4.79 Å². The minimum absolute atomic E-state index is 0.205. The maximum atomic E-state index is 12.9. The van der Waals surface area contributed by atoms with Crippen LogP contribution in [0.4, 0.5) is 5.69 Å². The average molecular weight is 322 g/mol. The van der Waals surface area contributed by atoms with Crippen molar-refractivity contribution in [1.82, 2.24) is 0 Å². The third-order valence-corrected chi connectivity index (χ3v) is 9.80. The predicted octanol–water partition coefficient (Wildman–Crippen LogP) is 4.47. The molecular weight excluding hydrogens is 293 g/mol. The molecule has 1 heterocycles. The maximum absolute atomic E-state index is 12.9. The first-order chi connectivity index (χ1) is 10.4. The van der Waals surface area contributed by atoms with E-state index in [4.69, 9.17) is 4.74 Å². The second kappa shape index (κ2) is 7.00. The van der Waals surface area contributed by atoms with Crippen LogP contribution < -0.4 is 10.1 Å². The predicted molar refractivity (Wildman–Crippen MR) is 97.0 cm³/mol. The number of anilines is 1. The topological polar surface area (TPSA) is 38.3 Å². The maximum Gasteiger partial charge on any atom is 0.265 e. The number of nitrogens with one attached hydrogen (secondary N) is 1. The summed E-state index contributed by atoms with van der Waals surface area (Å²) >= 11 is 0. The summed E-state index contributed by atoms with van der Waals surface area (Å²) in [5.74, 6) is 1.06. The van der Waals surface area contributed by atoms with E-state index in [1.54, 1.807) is 7.11 Å². The van der Waals surface area contributed by atoms with Crippen LogP contribution in [-0.2, 0) is 4.79 Å². The van der Waals surface area contributed by atoms with E-state index in [1.165, 1.54) is 25.2 Å². The van der Waals surface area contributed by atoms with Gasteiger partial charge in [0.2, 0.25) is 0 Å². The number of ether oxygens (including phenoxy) is 1. The van der Waals surface area contributed by atoms with Crippen molar-refractivity contribution in [2.24, 2.45) is 0 Å². The van der Waals surface area contributed by atoms with Crippen molar-refractivity contribution in [3.8, 4) is 5.75 Å². The van der Waals surface area contributed by atoms with Crippen LogP contribution in [0.3, 0.4) is 0 Å². The number of benzene rings is 1. The fraction of sp³-hybridized carbons (Fsp3) is 0.611. The van der Waals surface area contributed by atoms with E-state index in [1.807, 2.05) is 26.0 Å². The van der Waals surface area contributed by atoms with E-state index in [9.17, 15) is 4.79 Å². The minimum Gasteiger partial charge on any atom is -0.497 e. The molecule has 22 heavy (non-hydrogen) atoms. The molecule has 4 heteroatoms. The lowest BCUT2D eigenvalue weighted by atomic mass is 10.1. The third kappa shape index (κ3) is 3.46. The Kier molecular flexibility index (Phi) is 5.50. The highest BCUT2D eigenvalue weighted by Gasteiger charge is 2.46. The Hall–Kier alpha value is -1.08. The van der Waals surface area contributed by atoms with E-state index >= 15 is 0 Å². The molecule has 0 saturated carbocycles. The summed E-state index contributed by atoms with van der Waals surface area (Å²) in [6.45, 7) is 8.60. The van der Waals surface area contributed by atoms with Gasteiger partial charge in [0.1, 0.15) is 11.4 Å². The Balaban J connectivity index is 2.20. The standard InChI is InChI=1S/C18H28NO2P/c1-6-16(22(5)9-7-8-10-22)18(20)19-17-13(2)11-15(21-4)12-14(17)3/h11-12,16H,6-10H2,1-5H3/p+1. The Bertz CT molecular complexity index is 527. The highest BCUT2D eigenvalue weighted by Crippen LogP contribution is 2.65. The van der Waals surface area contributed by atoms with Gasteiger partial charge in [-0.15, -0.1) is 0 Å². The van der Waals surface area contributed by atoms with Crippen LogP contribution in [0.1, 0.15) is 37.3 Å². The van der Waals surface area contributed by atoms with Crippen molar-refractivity contribution in [1.29, 1.82) is 0 Å². The summed E-state index contributed by atoms with van der Waals surface area (Å²) in [5.41, 5.74) is 3.29. The first-order valence-electron chi connectivity index (χ1n) is 8.21. The molecule has 1 fully saturated rings. The van der Waals surface area contributed by atoms with Crippen LogP contribution in [-0.4, -0.2) is 37.7 Å². The third-order valence-electron chi connectivity index (χ3n) is 5.02. The summed E-state index contributed by atoms with van der Waals surface area (Å²) in [4.78, 5) is 12.9. The van der Waals surface area contributed by atoms with Gasteiger partial charge in [-0.2, -0.15) is 0 Å². The van der Waals surface area contributed by atoms with Gasteiger partial charge in [0.05, 0.1) is 19.4 Å². The van der Waals surface area contributed by atoms with Crippen molar-refractivity contribution in [3.63, 3.8) is 0 Å². The number of carbonyl (C=O) groups is 1. The lowest BCUT2D eigenvalue weighted by molar-refractivity contribution is -0.115. The van der Waals surface area contributed by atoms with Gasteiger partial charge in [-0.1, -0.05) is 6.92 Å². The van der Waals surface area contributed by atoms with Crippen LogP contribution in [0.5, 0.6) is 5.75 Å². The zero-order valence-electron chi connectivity index (χ0n) is 14.5. The largest absolute Gasteiger partial charge is 0.497 e. The fourth-order valence-corrected chi connectivity index (χ4v) is 7.98. The van der Waals surface area contributed by atoms with E-state index < -0.39 is 7.26 Å². The van der Waals surface area contributed by atoms with Crippen molar-refractivity contribution in [2.75, 3.05) is 31.4 Å². The van der Waals surface area contributed by atoms with Gasteiger partial charge in [0.15, 0.2) is 0 Å². The number of aryl methyl sites for hydroxylation is 2. The molecule has 3 nitrogen and oxygen atoms in total. The second-order valence-electron chi connectivity index (χ2n) is 6.68. The lowest BCUT2D eigenvalue weighted by Crippen LogP contribution is -2.31. The average Bonchev–Trinajstić information content (AvgIpc) is 2.90. The quantitative estimate of drug-likeness (QED) is 0.812. The van der Waals surface area contributed by atoms with Gasteiger partial charge in [-0.05, 0) is 56.4 Å². The molecule has 122 valence electrons. The van der Waals surface area contributed by atoms with E-state index in [-0.39, 0.29) is 11.6 Å². The van der Waals surface area contributed by atoms with E-state index in [0.717, 1.165) is 29.0 Å². The Morgan fingerprint density at radius 1 is 1.27 bits per heavy atom. The molecule has 0 spiro atoms. The van der Waals surface area contributed by atoms with Crippen LogP contribution in [0.15, 0.2) is 12.1 Å².